The van der Waals surface area contributed by atoms with E-state index in [-0.39, 0.29) is 42.2 Å². The molecule has 0 radical (unpaired) electrons. The van der Waals surface area contributed by atoms with E-state index in [0.717, 1.165) is 0 Å². The zero-order valence-corrected chi connectivity index (χ0v) is 18.8. The summed E-state index contributed by atoms with van der Waals surface area (Å²) in [6, 6.07) is 3.89. The zero-order valence-electron chi connectivity index (χ0n) is 18.0. The van der Waals surface area contributed by atoms with Gasteiger partial charge in [-0.2, -0.15) is 4.31 Å². The van der Waals surface area contributed by atoms with Gasteiger partial charge in [0.15, 0.2) is 0 Å². The summed E-state index contributed by atoms with van der Waals surface area (Å²) < 4.78 is 34.1. The first-order valence-corrected chi connectivity index (χ1v) is 11.3. The number of sulfonamides is 1. The number of hydrogen-bond donors (Lipinski definition) is 2. The second-order valence-electron chi connectivity index (χ2n) is 7.75. The molecule has 1 aliphatic rings. The summed E-state index contributed by atoms with van der Waals surface area (Å²) in [7, 11) is -2.27. The van der Waals surface area contributed by atoms with Crippen molar-refractivity contribution in [3.05, 3.63) is 23.8 Å². The molecule has 166 valence electrons. The summed E-state index contributed by atoms with van der Waals surface area (Å²) in [4.78, 5) is 13.2. The van der Waals surface area contributed by atoms with Crippen LogP contribution >= 0.6 is 0 Å². The molecule has 2 N–H and O–H groups in total. The number of aliphatic hydroxyl groups is 2. The number of ether oxygens (including phenoxy) is 1. The maximum Gasteiger partial charge on any atom is 0.247 e. The number of nitrogens with zero attached hydrogens (tertiary/aromatic N) is 2. The third-order valence-electron chi connectivity index (χ3n) is 5.08. The predicted molar refractivity (Wildman–Crippen MR) is 112 cm³/mol. The van der Waals surface area contributed by atoms with E-state index in [1.165, 1.54) is 35.2 Å². The number of carbonyl (C=O) groups is 1. The average molecular weight is 439 g/mol. The smallest absolute Gasteiger partial charge is 0.247 e. The molecule has 2 rings (SSSR count). The first-order chi connectivity index (χ1) is 14.0. The van der Waals surface area contributed by atoms with Crippen LogP contribution in [-0.2, 0) is 14.8 Å². The maximum absolute atomic E-state index is 13.3. The molecule has 0 aliphatic carbocycles. The van der Waals surface area contributed by atoms with Gasteiger partial charge < -0.3 is 19.8 Å². The van der Waals surface area contributed by atoms with Crippen molar-refractivity contribution in [3.8, 4) is 17.6 Å². The fraction of sp³-hybridized carbons (Fsp3) is 0.571. The van der Waals surface area contributed by atoms with E-state index in [4.69, 9.17) is 4.74 Å². The molecule has 0 aromatic heterocycles. The Morgan fingerprint density at radius 3 is 2.63 bits per heavy atom. The number of rotatable bonds is 4. The number of carbonyl (C=O) groups excluding carboxylic acids is 1. The van der Waals surface area contributed by atoms with Crippen molar-refractivity contribution in [1.82, 2.24) is 9.21 Å². The van der Waals surface area contributed by atoms with Crippen LogP contribution in [0.5, 0.6) is 5.75 Å². The minimum Gasteiger partial charge on any atom is -0.487 e. The lowest BCUT2D eigenvalue weighted by atomic mass is 10.0. The summed E-state index contributed by atoms with van der Waals surface area (Å²) in [5.74, 6) is 5.17. The predicted octanol–water partition coefficient (Wildman–Crippen LogP) is 0.666. The summed E-state index contributed by atoms with van der Waals surface area (Å²) in [5.41, 5.74) is 0.499. The van der Waals surface area contributed by atoms with Crippen molar-refractivity contribution >= 4 is 15.9 Å². The molecule has 1 heterocycles. The molecule has 4 atom stereocenters. The Kier molecular flexibility index (Phi) is 7.88. The summed E-state index contributed by atoms with van der Waals surface area (Å²) in [6.07, 6.45) is -1.30. The molecule has 30 heavy (non-hydrogen) atoms. The quantitative estimate of drug-likeness (QED) is 0.669. The van der Waals surface area contributed by atoms with Gasteiger partial charge in [-0.1, -0.05) is 18.8 Å². The van der Waals surface area contributed by atoms with Crippen LogP contribution in [0, 0.1) is 17.8 Å². The van der Waals surface area contributed by atoms with Crippen molar-refractivity contribution in [2.24, 2.45) is 5.92 Å². The topological polar surface area (TPSA) is 107 Å². The summed E-state index contributed by atoms with van der Waals surface area (Å²) in [5, 5.41) is 19.0. The lowest BCUT2D eigenvalue weighted by Gasteiger charge is -2.37. The van der Waals surface area contributed by atoms with E-state index in [1.807, 2.05) is 6.92 Å². The van der Waals surface area contributed by atoms with Crippen molar-refractivity contribution in [2.45, 2.75) is 50.8 Å². The Balaban J connectivity index is 2.60. The Labute approximate surface area is 178 Å². The van der Waals surface area contributed by atoms with Crippen LogP contribution in [-0.4, -0.2) is 78.7 Å². The first kappa shape index (κ1) is 24.2. The van der Waals surface area contributed by atoms with Gasteiger partial charge in [0.2, 0.25) is 15.9 Å². The molecular formula is C21H30N2O6S. The van der Waals surface area contributed by atoms with Crippen molar-refractivity contribution in [2.75, 3.05) is 26.7 Å². The number of hydrogen-bond acceptors (Lipinski definition) is 6. The molecule has 0 unspecified atom stereocenters. The minimum atomic E-state index is -3.93. The molecule has 0 saturated carbocycles. The fourth-order valence-electron chi connectivity index (χ4n) is 3.11. The molecule has 0 bridgehead atoms. The molecule has 9 heteroatoms. The van der Waals surface area contributed by atoms with Gasteiger partial charge in [0.05, 0.1) is 13.2 Å². The number of amides is 1. The largest absolute Gasteiger partial charge is 0.487 e. The van der Waals surface area contributed by atoms with Crippen LogP contribution in [0.3, 0.4) is 0 Å². The second kappa shape index (κ2) is 9.79. The van der Waals surface area contributed by atoms with Crippen LogP contribution in [0.25, 0.3) is 0 Å². The Morgan fingerprint density at radius 1 is 1.40 bits per heavy atom. The number of fused-ring (bicyclic) bond motifs is 1. The highest BCUT2D eigenvalue weighted by Gasteiger charge is 2.38. The molecule has 1 aromatic carbocycles. The molecule has 8 nitrogen and oxygen atoms in total. The highest BCUT2D eigenvalue weighted by molar-refractivity contribution is 7.89. The Morgan fingerprint density at radius 2 is 2.07 bits per heavy atom. The molecule has 1 aliphatic heterocycles. The molecule has 1 amide bonds. The van der Waals surface area contributed by atoms with Crippen LogP contribution in [0.1, 0.15) is 33.3 Å². The Hall–Kier alpha value is -2.12. The maximum atomic E-state index is 13.3. The van der Waals surface area contributed by atoms with Crippen LogP contribution < -0.4 is 4.74 Å². The van der Waals surface area contributed by atoms with E-state index in [0.29, 0.717) is 5.56 Å². The minimum absolute atomic E-state index is 0.0206. The number of benzene rings is 1. The van der Waals surface area contributed by atoms with E-state index in [1.54, 1.807) is 20.0 Å². The monoisotopic (exact) mass is 438 g/mol. The van der Waals surface area contributed by atoms with Gasteiger partial charge in [0.25, 0.3) is 0 Å². The summed E-state index contributed by atoms with van der Waals surface area (Å²) in [6.45, 7) is 6.59. The van der Waals surface area contributed by atoms with Crippen molar-refractivity contribution < 1.29 is 28.2 Å². The van der Waals surface area contributed by atoms with Crippen LogP contribution in [0.4, 0.5) is 0 Å². The third-order valence-corrected chi connectivity index (χ3v) is 7.10. The Bertz CT molecular complexity index is 935. The standard InChI is InChI=1S/C21H30N2O6S/c1-14-11-23(15(2)13-24)30(27,28)21-9-8-18(7-6-16(3)25)10-19(21)29-20(14)12-22(5)17(4)26/h8-10,14-16,20,24-25H,11-13H2,1-5H3/t14-,15-,16+,20-/m0/s1. The van der Waals surface area contributed by atoms with E-state index < -0.39 is 28.3 Å². The summed E-state index contributed by atoms with van der Waals surface area (Å²) >= 11 is 0. The van der Waals surface area contributed by atoms with E-state index in [9.17, 15) is 23.4 Å². The van der Waals surface area contributed by atoms with Crippen molar-refractivity contribution in [1.29, 1.82) is 0 Å². The lowest BCUT2D eigenvalue weighted by Crippen LogP contribution is -2.50. The number of aliphatic hydroxyl groups excluding tert-OH is 2. The van der Waals surface area contributed by atoms with Gasteiger partial charge in [-0.3, -0.25) is 4.79 Å². The van der Waals surface area contributed by atoms with Gasteiger partial charge in [-0.15, -0.1) is 0 Å². The second-order valence-corrected chi connectivity index (χ2v) is 9.61. The van der Waals surface area contributed by atoms with Gasteiger partial charge in [-0.25, -0.2) is 8.42 Å². The molecule has 0 saturated heterocycles. The SMILES string of the molecule is CC(=O)N(C)C[C@@H]1Oc2cc(C#C[C@@H](C)O)ccc2S(=O)(=O)N([C@@H](C)CO)C[C@@H]1C. The highest BCUT2D eigenvalue weighted by atomic mass is 32.2. The van der Waals surface area contributed by atoms with Gasteiger partial charge in [0, 0.05) is 38.0 Å². The van der Waals surface area contributed by atoms with Gasteiger partial charge in [0.1, 0.15) is 22.9 Å². The first-order valence-electron chi connectivity index (χ1n) is 9.82. The zero-order chi connectivity index (χ0) is 22.6. The van der Waals surface area contributed by atoms with Gasteiger partial charge >= 0.3 is 0 Å². The third kappa shape index (κ3) is 5.52. The van der Waals surface area contributed by atoms with E-state index in [2.05, 4.69) is 11.8 Å². The molecule has 0 spiro atoms. The van der Waals surface area contributed by atoms with E-state index >= 15 is 0 Å². The molecule has 0 fully saturated rings. The van der Waals surface area contributed by atoms with Gasteiger partial charge in [-0.05, 0) is 32.0 Å². The molecular weight excluding hydrogens is 408 g/mol. The average Bonchev–Trinajstić information content (AvgIpc) is 2.68. The highest BCUT2D eigenvalue weighted by Crippen LogP contribution is 2.34. The normalized spacial score (nSPS) is 22.9. The van der Waals surface area contributed by atoms with Crippen LogP contribution in [0.2, 0.25) is 0 Å². The van der Waals surface area contributed by atoms with Crippen LogP contribution in [0.15, 0.2) is 23.1 Å². The fourth-order valence-corrected chi connectivity index (χ4v) is 4.93. The molecule has 1 aromatic rings. The van der Waals surface area contributed by atoms with Crippen molar-refractivity contribution in [3.63, 3.8) is 0 Å². The lowest BCUT2D eigenvalue weighted by molar-refractivity contribution is -0.129. The number of likely N-dealkylation sites (N-methyl/N-ethyl adjacent to an activating group) is 1.